The van der Waals surface area contributed by atoms with E-state index in [2.05, 4.69) is 9.88 Å². The number of nitrogens with zero attached hydrogens (tertiary/aromatic N) is 2. The van der Waals surface area contributed by atoms with Crippen molar-refractivity contribution in [2.24, 2.45) is 5.41 Å². The molecule has 1 atom stereocenters. The van der Waals surface area contributed by atoms with Gasteiger partial charge in [-0.15, -0.1) is 0 Å². The zero-order valence-corrected chi connectivity index (χ0v) is 12.8. The summed E-state index contributed by atoms with van der Waals surface area (Å²) < 4.78 is 10.6. The second kappa shape index (κ2) is 6.30. The third-order valence-electron chi connectivity index (χ3n) is 4.03. The van der Waals surface area contributed by atoms with Gasteiger partial charge >= 0.3 is 5.97 Å². The Hall–Kier alpha value is -1.82. The Morgan fingerprint density at radius 2 is 2.24 bits per heavy atom. The van der Waals surface area contributed by atoms with Gasteiger partial charge in [-0.25, -0.2) is 0 Å². The Bertz CT molecular complexity index is 520. The van der Waals surface area contributed by atoms with Crippen molar-refractivity contribution in [3.8, 4) is 11.5 Å². The Balaban J connectivity index is 2.17. The fourth-order valence-corrected chi connectivity index (χ4v) is 2.83. The van der Waals surface area contributed by atoms with E-state index in [0.29, 0.717) is 31.0 Å². The van der Waals surface area contributed by atoms with Crippen LogP contribution in [-0.4, -0.2) is 48.3 Å². The fourth-order valence-electron chi connectivity index (χ4n) is 2.83. The zero-order chi connectivity index (χ0) is 15.5. The summed E-state index contributed by atoms with van der Waals surface area (Å²) in [5.41, 5.74) is 0.0798. The summed E-state index contributed by atoms with van der Waals surface area (Å²) >= 11 is 0. The van der Waals surface area contributed by atoms with E-state index in [1.165, 1.54) is 0 Å². The van der Waals surface area contributed by atoms with Gasteiger partial charge in [-0.2, -0.15) is 0 Å². The molecule has 0 bridgehead atoms. The van der Waals surface area contributed by atoms with E-state index >= 15 is 0 Å². The van der Waals surface area contributed by atoms with Gasteiger partial charge in [0.05, 0.1) is 19.6 Å². The quantitative estimate of drug-likeness (QED) is 0.892. The number of likely N-dealkylation sites (tertiary alicyclic amines) is 1. The number of rotatable bonds is 5. The van der Waals surface area contributed by atoms with Crippen molar-refractivity contribution in [2.75, 3.05) is 27.3 Å². The minimum atomic E-state index is -0.738. The van der Waals surface area contributed by atoms with Gasteiger partial charge < -0.3 is 14.6 Å². The molecule has 1 N–H and O–H groups in total. The van der Waals surface area contributed by atoms with Crippen LogP contribution in [0.3, 0.4) is 0 Å². The number of hydrogen-bond donors (Lipinski definition) is 1. The molecule has 0 aromatic carbocycles. The topological polar surface area (TPSA) is 71.9 Å². The lowest BCUT2D eigenvalue weighted by Crippen LogP contribution is -2.45. The summed E-state index contributed by atoms with van der Waals surface area (Å²) in [6.07, 6.45) is 3.26. The molecule has 1 aromatic heterocycles. The van der Waals surface area contributed by atoms with Crippen molar-refractivity contribution in [3.05, 3.63) is 18.0 Å². The molecule has 2 rings (SSSR count). The molecule has 0 spiro atoms. The van der Waals surface area contributed by atoms with E-state index in [4.69, 9.17) is 9.47 Å². The largest absolute Gasteiger partial charge is 0.493 e. The highest BCUT2D eigenvalue weighted by Gasteiger charge is 2.38. The summed E-state index contributed by atoms with van der Waals surface area (Å²) in [7, 11) is 3.17. The normalized spacial score (nSPS) is 22.8. The molecule has 116 valence electrons. The van der Waals surface area contributed by atoms with E-state index in [0.717, 1.165) is 18.7 Å². The van der Waals surface area contributed by atoms with Crippen LogP contribution < -0.4 is 9.47 Å². The smallest absolute Gasteiger partial charge is 0.310 e. The number of aromatic nitrogens is 1. The van der Waals surface area contributed by atoms with Gasteiger partial charge in [-0.05, 0) is 26.3 Å². The first kappa shape index (κ1) is 15.6. The molecule has 0 aliphatic carbocycles. The van der Waals surface area contributed by atoms with Gasteiger partial charge in [0.25, 0.3) is 0 Å². The van der Waals surface area contributed by atoms with Crippen LogP contribution in [0.2, 0.25) is 0 Å². The predicted octanol–water partition coefficient (Wildman–Crippen LogP) is 1.79. The average molecular weight is 294 g/mol. The van der Waals surface area contributed by atoms with Crippen LogP contribution in [0.1, 0.15) is 25.5 Å². The molecular formula is C15H22N2O4. The second-order valence-corrected chi connectivity index (χ2v) is 5.67. The third kappa shape index (κ3) is 3.26. The first-order valence-corrected chi connectivity index (χ1v) is 7.02. The van der Waals surface area contributed by atoms with Gasteiger partial charge in [0.2, 0.25) is 0 Å². The Morgan fingerprint density at radius 3 is 2.86 bits per heavy atom. The molecule has 1 unspecified atom stereocenters. The summed E-state index contributed by atoms with van der Waals surface area (Å²) in [4.78, 5) is 17.9. The molecule has 0 radical (unpaired) electrons. The molecule has 1 aliphatic rings. The maximum atomic E-state index is 11.4. The van der Waals surface area contributed by atoms with E-state index < -0.39 is 11.4 Å². The number of carboxylic acid groups (broad SMARTS) is 1. The van der Waals surface area contributed by atoms with Gasteiger partial charge in [0, 0.05) is 25.4 Å². The molecule has 1 saturated heterocycles. The SMILES string of the molecule is COc1ccnc(CN2CCCC(C)(C(=O)O)C2)c1OC. The van der Waals surface area contributed by atoms with E-state index in [9.17, 15) is 9.90 Å². The van der Waals surface area contributed by atoms with Crippen molar-refractivity contribution >= 4 is 5.97 Å². The molecule has 6 nitrogen and oxygen atoms in total. The Morgan fingerprint density at radius 1 is 1.48 bits per heavy atom. The number of aliphatic carboxylic acids is 1. The zero-order valence-electron chi connectivity index (χ0n) is 12.8. The van der Waals surface area contributed by atoms with Crippen LogP contribution in [0.15, 0.2) is 12.3 Å². The minimum absolute atomic E-state index is 0.518. The van der Waals surface area contributed by atoms with E-state index in [1.807, 2.05) is 0 Å². The van der Waals surface area contributed by atoms with Crippen LogP contribution in [0, 0.1) is 5.41 Å². The highest BCUT2D eigenvalue weighted by Crippen LogP contribution is 2.33. The minimum Gasteiger partial charge on any atom is -0.493 e. The summed E-state index contributed by atoms with van der Waals surface area (Å²) in [6.45, 7) is 3.75. The molecular weight excluding hydrogens is 272 g/mol. The third-order valence-corrected chi connectivity index (χ3v) is 4.03. The first-order chi connectivity index (χ1) is 10.00. The molecule has 1 aromatic rings. The number of carbonyl (C=O) groups is 1. The van der Waals surface area contributed by atoms with E-state index in [1.54, 1.807) is 33.4 Å². The maximum Gasteiger partial charge on any atom is 0.310 e. The summed E-state index contributed by atoms with van der Waals surface area (Å²) in [5.74, 6) is 0.515. The van der Waals surface area contributed by atoms with E-state index in [-0.39, 0.29) is 0 Å². The standard InChI is InChI=1S/C15H22N2O4/c1-15(14(18)19)6-4-8-17(10-15)9-11-13(21-3)12(20-2)5-7-16-11/h5,7H,4,6,8-10H2,1-3H3,(H,18,19). The Labute approximate surface area is 124 Å². The molecule has 1 fully saturated rings. The van der Waals surface area contributed by atoms with Crippen LogP contribution in [0.4, 0.5) is 0 Å². The molecule has 6 heteroatoms. The number of pyridine rings is 1. The highest BCUT2D eigenvalue weighted by atomic mass is 16.5. The lowest BCUT2D eigenvalue weighted by molar-refractivity contribution is -0.151. The lowest BCUT2D eigenvalue weighted by atomic mass is 9.82. The molecule has 0 saturated carbocycles. The number of carboxylic acids is 1. The van der Waals surface area contributed by atoms with Gasteiger partial charge in [-0.3, -0.25) is 14.7 Å². The molecule has 1 aliphatic heterocycles. The maximum absolute atomic E-state index is 11.4. The average Bonchev–Trinajstić information content (AvgIpc) is 2.47. The predicted molar refractivity (Wildman–Crippen MR) is 77.6 cm³/mol. The van der Waals surface area contributed by atoms with Crippen LogP contribution in [-0.2, 0) is 11.3 Å². The van der Waals surface area contributed by atoms with Crippen molar-refractivity contribution in [2.45, 2.75) is 26.3 Å². The van der Waals surface area contributed by atoms with Crippen molar-refractivity contribution < 1.29 is 19.4 Å². The first-order valence-electron chi connectivity index (χ1n) is 7.02. The number of piperidine rings is 1. The lowest BCUT2D eigenvalue weighted by Gasteiger charge is -2.37. The van der Waals surface area contributed by atoms with Gasteiger partial charge in [0.15, 0.2) is 11.5 Å². The van der Waals surface area contributed by atoms with Crippen LogP contribution >= 0.6 is 0 Å². The molecule has 21 heavy (non-hydrogen) atoms. The fraction of sp³-hybridized carbons (Fsp3) is 0.600. The second-order valence-electron chi connectivity index (χ2n) is 5.67. The Kier molecular flexibility index (Phi) is 4.67. The van der Waals surface area contributed by atoms with Crippen molar-refractivity contribution in [1.82, 2.24) is 9.88 Å². The van der Waals surface area contributed by atoms with Crippen LogP contribution in [0.25, 0.3) is 0 Å². The van der Waals surface area contributed by atoms with Gasteiger partial charge in [0.1, 0.15) is 5.69 Å². The summed E-state index contributed by atoms with van der Waals surface area (Å²) in [5, 5.41) is 9.38. The number of methoxy groups -OCH3 is 2. The number of hydrogen-bond acceptors (Lipinski definition) is 5. The van der Waals surface area contributed by atoms with Crippen LogP contribution in [0.5, 0.6) is 11.5 Å². The van der Waals surface area contributed by atoms with Crippen molar-refractivity contribution in [3.63, 3.8) is 0 Å². The van der Waals surface area contributed by atoms with Gasteiger partial charge in [-0.1, -0.05) is 0 Å². The molecule has 0 amide bonds. The molecule has 2 heterocycles. The van der Waals surface area contributed by atoms with Crippen molar-refractivity contribution in [1.29, 1.82) is 0 Å². The number of ether oxygens (including phenoxy) is 2. The highest BCUT2D eigenvalue weighted by molar-refractivity contribution is 5.74. The monoisotopic (exact) mass is 294 g/mol. The summed E-state index contributed by atoms with van der Waals surface area (Å²) in [6, 6.07) is 1.75.